The van der Waals surface area contributed by atoms with Crippen LogP contribution in [0.25, 0.3) is 22.1 Å². The third kappa shape index (κ3) is 0.979. The van der Waals surface area contributed by atoms with Crippen LogP contribution in [0.1, 0.15) is 0 Å². The van der Waals surface area contributed by atoms with Crippen molar-refractivity contribution in [1.82, 2.24) is 19.5 Å². The lowest BCUT2D eigenvalue weighted by molar-refractivity contribution is 0.845. The molecule has 0 fully saturated rings. The molecule has 0 amide bonds. The minimum atomic E-state index is -0.428. The summed E-state index contributed by atoms with van der Waals surface area (Å²) in [5.74, 6) is 0. The van der Waals surface area contributed by atoms with Crippen LogP contribution in [0.5, 0.6) is 0 Å². The summed E-state index contributed by atoms with van der Waals surface area (Å²) >= 11 is 0. The van der Waals surface area contributed by atoms with Gasteiger partial charge < -0.3 is 4.98 Å². The molecule has 6 nitrogen and oxygen atoms in total. The summed E-state index contributed by atoms with van der Waals surface area (Å²) in [5, 5.41) is 0.767. The number of fused-ring (bicyclic) bond motifs is 3. The fraction of sp³-hybridized carbons (Fsp3) is 0.100. The van der Waals surface area contributed by atoms with Crippen LogP contribution in [0.4, 0.5) is 0 Å². The number of aromatic nitrogens is 4. The van der Waals surface area contributed by atoms with E-state index in [1.165, 1.54) is 4.57 Å². The molecule has 0 aliphatic carbocycles. The average Bonchev–Trinajstić information content (AvgIpc) is 2.66. The second kappa shape index (κ2) is 2.82. The van der Waals surface area contributed by atoms with Crippen molar-refractivity contribution in [1.29, 1.82) is 0 Å². The first kappa shape index (κ1) is 8.90. The van der Waals surface area contributed by atoms with Crippen LogP contribution < -0.4 is 11.2 Å². The van der Waals surface area contributed by atoms with Crippen molar-refractivity contribution in [3.05, 3.63) is 39.2 Å². The van der Waals surface area contributed by atoms with E-state index in [2.05, 4.69) is 15.0 Å². The molecular formula is C10H8N4O2. The maximum absolute atomic E-state index is 11.6. The quantitative estimate of drug-likeness (QED) is 0.559. The summed E-state index contributed by atoms with van der Waals surface area (Å²) < 4.78 is 1.40. The average molecular weight is 216 g/mol. The standard InChI is InChI=1S/C10H8N4O2/c1-14-7-5-3-2-4-11-8(5)12-6(7)9(15)13-10(14)16/h2-4H,1H3,(H,11,12)(H,13,15,16). The first-order valence-electron chi connectivity index (χ1n) is 4.74. The van der Waals surface area contributed by atoms with Crippen LogP contribution in [0.15, 0.2) is 27.9 Å². The van der Waals surface area contributed by atoms with E-state index >= 15 is 0 Å². The van der Waals surface area contributed by atoms with Gasteiger partial charge in [-0.05, 0) is 12.1 Å². The Labute approximate surface area is 88.6 Å². The van der Waals surface area contributed by atoms with Crippen molar-refractivity contribution in [3.8, 4) is 0 Å². The Balaban J connectivity index is 2.77. The number of hydrogen-bond acceptors (Lipinski definition) is 3. The Morgan fingerprint density at radius 2 is 2.12 bits per heavy atom. The van der Waals surface area contributed by atoms with Gasteiger partial charge in [-0.1, -0.05) is 0 Å². The maximum atomic E-state index is 11.6. The third-order valence-electron chi connectivity index (χ3n) is 2.63. The molecule has 0 bridgehead atoms. The molecule has 0 aliphatic rings. The van der Waals surface area contributed by atoms with E-state index in [9.17, 15) is 9.59 Å². The molecule has 0 aliphatic heterocycles. The molecule has 0 radical (unpaired) electrons. The first-order valence-corrected chi connectivity index (χ1v) is 4.74. The molecular weight excluding hydrogens is 208 g/mol. The Hall–Kier alpha value is -2.37. The van der Waals surface area contributed by atoms with Crippen LogP contribution in [0.3, 0.4) is 0 Å². The number of aromatic amines is 2. The number of hydrogen-bond donors (Lipinski definition) is 2. The monoisotopic (exact) mass is 216 g/mol. The highest BCUT2D eigenvalue weighted by Crippen LogP contribution is 2.18. The highest BCUT2D eigenvalue weighted by Gasteiger charge is 2.11. The maximum Gasteiger partial charge on any atom is 0.328 e. The third-order valence-corrected chi connectivity index (χ3v) is 2.63. The van der Waals surface area contributed by atoms with E-state index in [0.29, 0.717) is 16.7 Å². The Morgan fingerprint density at radius 1 is 1.31 bits per heavy atom. The molecule has 0 unspecified atom stereocenters. The zero-order valence-electron chi connectivity index (χ0n) is 8.44. The number of nitrogens with one attached hydrogen (secondary N) is 2. The molecule has 0 spiro atoms. The Bertz CT molecular complexity index is 809. The second-order valence-electron chi connectivity index (χ2n) is 3.57. The molecule has 6 heteroatoms. The van der Waals surface area contributed by atoms with E-state index in [-0.39, 0.29) is 0 Å². The van der Waals surface area contributed by atoms with Crippen molar-refractivity contribution in [3.63, 3.8) is 0 Å². The van der Waals surface area contributed by atoms with Crippen LogP contribution in [-0.2, 0) is 7.05 Å². The van der Waals surface area contributed by atoms with Crippen LogP contribution in [-0.4, -0.2) is 19.5 Å². The summed E-state index contributed by atoms with van der Waals surface area (Å²) in [5.41, 5.74) is 0.704. The predicted octanol–water partition coefficient (Wildman–Crippen LogP) is 0.103. The zero-order chi connectivity index (χ0) is 11.3. The molecule has 80 valence electrons. The molecule has 0 aromatic carbocycles. The molecule has 3 aromatic rings. The van der Waals surface area contributed by atoms with Gasteiger partial charge in [0, 0.05) is 18.6 Å². The lowest BCUT2D eigenvalue weighted by Gasteiger charge is -1.98. The minimum absolute atomic E-state index is 0.371. The van der Waals surface area contributed by atoms with Gasteiger partial charge in [0.05, 0.1) is 5.52 Å². The molecule has 3 rings (SSSR count). The summed E-state index contributed by atoms with van der Waals surface area (Å²) in [6.45, 7) is 0. The highest BCUT2D eigenvalue weighted by molar-refractivity contribution is 6.02. The number of aryl methyl sites for hydroxylation is 1. The van der Waals surface area contributed by atoms with Crippen molar-refractivity contribution in [2.45, 2.75) is 0 Å². The predicted molar refractivity (Wildman–Crippen MR) is 59.5 cm³/mol. The molecule has 0 atom stereocenters. The van der Waals surface area contributed by atoms with E-state index in [1.54, 1.807) is 19.3 Å². The molecule has 3 heterocycles. The van der Waals surface area contributed by atoms with Gasteiger partial charge in [0.1, 0.15) is 11.2 Å². The summed E-state index contributed by atoms with van der Waals surface area (Å²) in [6.07, 6.45) is 1.63. The Morgan fingerprint density at radius 3 is 2.94 bits per heavy atom. The first-order chi connectivity index (χ1) is 7.68. The number of rotatable bonds is 0. The van der Waals surface area contributed by atoms with Crippen molar-refractivity contribution < 1.29 is 0 Å². The van der Waals surface area contributed by atoms with Crippen molar-refractivity contribution in [2.24, 2.45) is 7.05 Å². The van der Waals surface area contributed by atoms with Gasteiger partial charge in [-0.25, -0.2) is 9.78 Å². The van der Waals surface area contributed by atoms with Gasteiger partial charge in [-0.15, -0.1) is 0 Å². The van der Waals surface area contributed by atoms with Crippen molar-refractivity contribution >= 4 is 22.1 Å². The largest absolute Gasteiger partial charge is 0.333 e. The lowest BCUT2D eigenvalue weighted by atomic mass is 10.3. The lowest BCUT2D eigenvalue weighted by Crippen LogP contribution is -2.28. The minimum Gasteiger partial charge on any atom is -0.333 e. The number of pyridine rings is 1. The Kier molecular flexibility index (Phi) is 1.57. The van der Waals surface area contributed by atoms with E-state index in [1.807, 2.05) is 6.07 Å². The van der Waals surface area contributed by atoms with Crippen LogP contribution in [0, 0.1) is 0 Å². The number of H-pyrrole nitrogens is 2. The SMILES string of the molecule is Cn1c(=O)[nH]c(=O)c2[nH]c3ncccc3c21. The van der Waals surface area contributed by atoms with E-state index in [4.69, 9.17) is 0 Å². The van der Waals surface area contributed by atoms with Gasteiger partial charge >= 0.3 is 5.69 Å². The van der Waals surface area contributed by atoms with Crippen molar-refractivity contribution in [2.75, 3.05) is 0 Å². The summed E-state index contributed by atoms with van der Waals surface area (Å²) in [6, 6.07) is 3.58. The van der Waals surface area contributed by atoms with Gasteiger partial charge in [-0.2, -0.15) is 0 Å². The fourth-order valence-electron chi connectivity index (χ4n) is 1.87. The summed E-state index contributed by atoms with van der Waals surface area (Å²) in [4.78, 5) is 32.3. The second-order valence-corrected chi connectivity index (χ2v) is 3.57. The number of nitrogens with zero attached hydrogens (tertiary/aromatic N) is 2. The molecule has 16 heavy (non-hydrogen) atoms. The van der Waals surface area contributed by atoms with E-state index in [0.717, 1.165) is 5.39 Å². The van der Waals surface area contributed by atoms with Gasteiger partial charge in [0.2, 0.25) is 0 Å². The van der Waals surface area contributed by atoms with E-state index < -0.39 is 11.2 Å². The topological polar surface area (TPSA) is 83.5 Å². The highest BCUT2D eigenvalue weighted by atomic mass is 16.2. The molecule has 2 N–H and O–H groups in total. The molecule has 0 saturated carbocycles. The summed E-state index contributed by atoms with van der Waals surface area (Å²) in [7, 11) is 1.61. The zero-order valence-corrected chi connectivity index (χ0v) is 8.44. The van der Waals surface area contributed by atoms with Crippen LogP contribution in [0.2, 0.25) is 0 Å². The fourth-order valence-corrected chi connectivity index (χ4v) is 1.87. The van der Waals surface area contributed by atoms with Gasteiger partial charge in [0.15, 0.2) is 0 Å². The van der Waals surface area contributed by atoms with Gasteiger partial charge in [0.25, 0.3) is 5.56 Å². The van der Waals surface area contributed by atoms with Gasteiger partial charge in [-0.3, -0.25) is 14.3 Å². The van der Waals surface area contributed by atoms with Crippen LogP contribution >= 0.6 is 0 Å². The molecule has 0 saturated heterocycles. The normalized spacial score (nSPS) is 11.3. The molecule has 3 aromatic heterocycles. The smallest absolute Gasteiger partial charge is 0.328 e.